The summed E-state index contributed by atoms with van der Waals surface area (Å²) >= 11 is 0. The number of hydrogen-bond donors (Lipinski definition) is 2. The van der Waals surface area contributed by atoms with Crippen molar-refractivity contribution in [1.82, 2.24) is 20.2 Å². The number of anilines is 1. The second-order valence-corrected chi connectivity index (χ2v) is 9.76. The lowest BCUT2D eigenvalue weighted by atomic mass is 9.93. The van der Waals surface area contributed by atoms with E-state index in [9.17, 15) is 9.90 Å². The van der Waals surface area contributed by atoms with Crippen molar-refractivity contribution >= 4 is 11.7 Å². The first-order chi connectivity index (χ1) is 17.4. The first kappa shape index (κ1) is 26.3. The van der Waals surface area contributed by atoms with Crippen molar-refractivity contribution < 1.29 is 19.4 Å². The van der Waals surface area contributed by atoms with Crippen LogP contribution in [0.4, 0.5) is 5.82 Å². The molecule has 2 aliphatic rings. The maximum atomic E-state index is 11.8. The molecule has 1 aromatic heterocycles. The van der Waals surface area contributed by atoms with Crippen molar-refractivity contribution in [2.45, 2.75) is 50.7 Å². The number of piperidine rings is 1. The van der Waals surface area contributed by atoms with Gasteiger partial charge in [0.1, 0.15) is 24.3 Å². The van der Waals surface area contributed by atoms with Gasteiger partial charge in [0.25, 0.3) is 0 Å². The van der Waals surface area contributed by atoms with Crippen LogP contribution < -0.4 is 15.0 Å². The molecular weight excluding hydrogens is 458 g/mol. The topological polar surface area (TPSA) is 100 Å². The van der Waals surface area contributed by atoms with Crippen LogP contribution in [0.2, 0.25) is 0 Å². The van der Waals surface area contributed by atoms with Gasteiger partial charge in [0.2, 0.25) is 5.91 Å². The normalized spacial score (nSPS) is 18.2. The number of carbonyl (C=O) groups is 1. The predicted molar refractivity (Wildman–Crippen MR) is 139 cm³/mol. The van der Waals surface area contributed by atoms with Gasteiger partial charge in [-0.2, -0.15) is 0 Å². The van der Waals surface area contributed by atoms with Crippen molar-refractivity contribution in [3.05, 3.63) is 36.0 Å². The monoisotopic (exact) mass is 497 g/mol. The molecule has 1 atom stereocenters. The molecule has 2 N–H and O–H groups in total. The fraction of sp³-hybridized carbons (Fsp3) is 0.593. The average molecular weight is 498 g/mol. The molecule has 2 saturated heterocycles. The molecule has 1 aromatic carbocycles. The van der Waals surface area contributed by atoms with Crippen LogP contribution in [0.25, 0.3) is 11.4 Å². The third kappa shape index (κ3) is 6.72. The minimum absolute atomic E-state index is 0.133. The molecule has 0 spiro atoms. The molecule has 2 aliphatic heterocycles. The third-order valence-corrected chi connectivity index (χ3v) is 7.17. The molecule has 1 unspecified atom stereocenters. The Bertz CT molecular complexity index is 1010. The van der Waals surface area contributed by atoms with E-state index in [0.717, 1.165) is 69.1 Å². The molecule has 0 bridgehead atoms. The van der Waals surface area contributed by atoms with Crippen molar-refractivity contribution in [1.29, 1.82) is 0 Å². The molecule has 2 aromatic rings. The van der Waals surface area contributed by atoms with Gasteiger partial charge in [0.05, 0.1) is 0 Å². The number of aliphatic hydroxyl groups is 1. The van der Waals surface area contributed by atoms with Gasteiger partial charge < -0.3 is 29.7 Å². The first-order valence-corrected chi connectivity index (χ1v) is 13.0. The quantitative estimate of drug-likeness (QED) is 0.545. The molecule has 9 heteroatoms. The Morgan fingerprint density at radius 3 is 2.67 bits per heavy atom. The SMILES string of the molecule is CNCC(O)COc1cccc(-c2nc(C3CCN(C(C)=O)CC3)cc(N(C)C3CCOCC3)n2)c1. The van der Waals surface area contributed by atoms with Gasteiger partial charge in [0, 0.05) is 76.1 Å². The van der Waals surface area contributed by atoms with Gasteiger partial charge >= 0.3 is 0 Å². The number of likely N-dealkylation sites (N-methyl/N-ethyl adjacent to an activating group) is 1. The lowest BCUT2D eigenvalue weighted by Gasteiger charge is -2.34. The van der Waals surface area contributed by atoms with Crippen molar-refractivity contribution in [2.75, 3.05) is 58.5 Å². The second-order valence-electron chi connectivity index (χ2n) is 9.76. The minimum atomic E-state index is -0.584. The minimum Gasteiger partial charge on any atom is -0.491 e. The largest absolute Gasteiger partial charge is 0.491 e. The van der Waals surface area contributed by atoms with E-state index in [-0.39, 0.29) is 18.4 Å². The highest BCUT2D eigenvalue weighted by Gasteiger charge is 2.26. The molecule has 36 heavy (non-hydrogen) atoms. The Balaban J connectivity index is 1.61. The summed E-state index contributed by atoms with van der Waals surface area (Å²) in [4.78, 5) is 26.0. The summed E-state index contributed by atoms with van der Waals surface area (Å²) in [6, 6.07) is 10.2. The zero-order chi connectivity index (χ0) is 25.5. The zero-order valence-corrected chi connectivity index (χ0v) is 21.7. The summed E-state index contributed by atoms with van der Waals surface area (Å²) in [5.74, 6) is 2.66. The zero-order valence-electron chi connectivity index (χ0n) is 21.7. The molecule has 1 amide bonds. The van der Waals surface area contributed by atoms with Gasteiger partial charge in [-0.05, 0) is 44.9 Å². The highest BCUT2D eigenvalue weighted by molar-refractivity contribution is 5.73. The lowest BCUT2D eigenvalue weighted by molar-refractivity contribution is -0.129. The Kier molecular flexibility index (Phi) is 9.12. The number of nitrogens with zero attached hydrogens (tertiary/aromatic N) is 4. The Hall–Kier alpha value is -2.75. The number of rotatable bonds is 9. The fourth-order valence-corrected chi connectivity index (χ4v) is 4.93. The number of hydrogen-bond acceptors (Lipinski definition) is 8. The molecule has 196 valence electrons. The van der Waals surface area contributed by atoms with Gasteiger partial charge in [-0.1, -0.05) is 12.1 Å². The summed E-state index contributed by atoms with van der Waals surface area (Å²) in [6.45, 7) is 5.35. The molecular formula is C27H39N5O4. The average Bonchev–Trinajstić information content (AvgIpc) is 2.92. The van der Waals surface area contributed by atoms with E-state index in [4.69, 9.17) is 19.4 Å². The molecule has 4 rings (SSSR count). The van der Waals surface area contributed by atoms with Crippen LogP contribution in [0.5, 0.6) is 5.75 Å². The smallest absolute Gasteiger partial charge is 0.219 e. The van der Waals surface area contributed by atoms with E-state index in [0.29, 0.717) is 24.2 Å². The highest BCUT2D eigenvalue weighted by atomic mass is 16.5. The number of amides is 1. The van der Waals surface area contributed by atoms with E-state index < -0.39 is 6.10 Å². The maximum Gasteiger partial charge on any atom is 0.219 e. The molecule has 2 fully saturated rings. The number of aliphatic hydroxyl groups excluding tert-OH is 1. The van der Waals surface area contributed by atoms with Crippen LogP contribution in [-0.2, 0) is 9.53 Å². The van der Waals surface area contributed by atoms with Gasteiger partial charge in [-0.3, -0.25) is 4.79 Å². The van der Waals surface area contributed by atoms with Gasteiger partial charge in [0.15, 0.2) is 5.82 Å². The predicted octanol–water partition coefficient (Wildman–Crippen LogP) is 2.44. The fourth-order valence-electron chi connectivity index (χ4n) is 4.93. The molecule has 0 aliphatic carbocycles. The third-order valence-electron chi connectivity index (χ3n) is 7.17. The summed E-state index contributed by atoms with van der Waals surface area (Å²) in [5.41, 5.74) is 1.90. The van der Waals surface area contributed by atoms with Crippen LogP contribution in [0.15, 0.2) is 30.3 Å². The summed E-state index contributed by atoms with van der Waals surface area (Å²) in [6.07, 6.45) is 3.14. The van der Waals surface area contributed by atoms with Crippen molar-refractivity contribution in [2.24, 2.45) is 0 Å². The van der Waals surface area contributed by atoms with Crippen LogP contribution in [-0.4, -0.2) is 91.6 Å². The van der Waals surface area contributed by atoms with Gasteiger partial charge in [-0.25, -0.2) is 9.97 Å². The second kappa shape index (κ2) is 12.5. The van der Waals surface area contributed by atoms with Crippen molar-refractivity contribution in [3.8, 4) is 17.1 Å². The number of nitrogens with one attached hydrogen (secondary N) is 1. The number of ether oxygens (including phenoxy) is 2. The number of aromatic nitrogens is 2. The van der Waals surface area contributed by atoms with Crippen LogP contribution in [0, 0.1) is 0 Å². The molecule has 9 nitrogen and oxygen atoms in total. The van der Waals surface area contributed by atoms with E-state index in [1.54, 1.807) is 14.0 Å². The maximum absolute atomic E-state index is 11.8. The summed E-state index contributed by atoms with van der Waals surface area (Å²) in [5, 5.41) is 12.9. The highest BCUT2D eigenvalue weighted by Crippen LogP contribution is 2.32. The van der Waals surface area contributed by atoms with Crippen LogP contribution in [0.1, 0.15) is 44.2 Å². The van der Waals surface area contributed by atoms with E-state index in [1.165, 1.54) is 0 Å². The number of carbonyl (C=O) groups excluding carboxylic acids is 1. The molecule has 0 radical (unpaired) electrons. The van der Waals surface area contributed by atoms with E-state index >= 15 is 0 Å². The summed E-state index contributed by atoms with van der Waals surface area (Å²) < 4.78 is 11.4. The van der Waals surface area contributed by atoms with Gasteiger partial charge in [-0.15, -0.1) is 0 Å². The van der Waals surface area contributed by atoms with Crippen LogP contribution in [0.3, 0.4) is 0 Å². The first-order valence-electron chi connectivity index (χ1n) is 13.0. The lowest BCUT2D eigenvalue weighted by Crippen LogP contribution is -2.38. The van der Waals surface area contributed by atoms with E-state index in [2.05, 4.69) is 23.3 Å². The number of likely N-dealkylation sites (tertiary alicyclic amines) is 1. The molecule has 3 heterocycles. The van der Waals surface area contributed by atoms with Crippen LogP contribution >= 0.6 is 0 Å². The van der Waals surface area contributed by atoms with Crippen molar-refractivity contribution in [3.63, 3.8) is 0 Å². The standard InChI is InChI=1S/C27H39N5O4/c1-19(33)32-11-7-20(8-12-32)25-16-26(31(3)22-9-13-35-14-10-22)30-27(29-25)21-5-4-6-24(15-21)36-18-23(34)17-28-2/h4-6,15-16,20,22-23,28,34H,7-14,17-18H2,1-3H3. The van der Waals surface area contributed by atoms with E-state index in [1.807, 2.05) is 29.2 Å². The Morgan fingerprint density at radius 1 is 1.22 bits per heavy atom. The Labute approximate surface area is 213 Å². The molecule has 0 saturated carbocycles. The summed E-state index contributed by atoms with van der Waals surface area (Å²) in [7, 11) is 3.90. The Morgan fingerprint density at radius 2 is 1.97 bits per heavy atom. The number of benzene rings is 1.